The van der Waals surface area contributed by atoms with Crippen LogP contribution in [0.2, 0.25) is 0 Å². The molecule has 0 saturated heterocycles. The average Bonchev–Trinajstić information content (AvgIpc) is 3.02. The molecule has 1 N–H and O–H groups in total. The molecule has 1 amide bonds. The lowest BCUT2D eigenvalue weighted by Gasteiger charge is -2.16. The Morgan fingerprint density at radius 1 is 1.20 bits per heavy atom. The van der Waals surface area contributed by atoms with Gasteiger partial charge in [-0.2, -0.15) is 0 Å². The molecular formula is C18H17F2NO3S. The van der Waals surface area contributed by atoms with E-state index in [1.54, 1.807) is 5.38 Å². The van der Waals surface area contributed by atoms with E-state index < -0.39 is 35.3 Å². The number of para-hydroxylation sites is 1. The van der Waals surface area contributed by atoms with Crippen molar-refractivity contribution in [3.05, 3.63) is 51.2 Å². The topological polar surface area (TPSA) is 55.4 Å². The number of benzene rings is 1. The van der Waals surface area contributed by atoms with Gasteiger partial charge in [0.15, 0.2) is 6.10 Å². The SMILES string of the molecule is CC(OC(=O)c1csc2c1CCCC2)C(=O)Nc1c(F)cccc1F. The van der Waals surface area contributed by atoms with Crippen molar-refractivity contribution in [3.8, 4) is 0 Å². The highest BCUT2D eigenvalue weighted by Gasteiger charge is 2.25. The molecule has 1 aromatic carbocycles. The zero-order chi connectivity index (χ0) is 18.0. The van der Waals surface area contributed by atoms with Crippen LogP contribution in [0.25, 0.3) is 0 Å². The molecule has 0 radical (unpaired) electrons. The maximum atomic E-state index is 13.6. The number of carbonyl (C=O) groups is 2. The van der Waals surface area contributed by atoms with Gasteiger partial charge in [0.25, 0.3) is 5.91 Å². The number of thiophene rings is 1. The van der Waals surface area contributed by atoms with Crippen molar-refractivity contribution in [2.24, 2.45) is 0 Å². The summed E-state index contributed by atoms with van der Waals surface area (Å²) in [5.74, 6) is -3.16. The standard InChI is InChI=1S/C18H17F2NO3S/c1-10(17(22)21-16-13(19)6-4-7-14(16)20)24-18(23)12-9-25-15-8-3-2-5-11(12)15/h4,6-7,9-10H,2-3,5,8H2,1H3,(H,21,22). The maximum Gasteiger partial charge on any atom is 0.340 e. The number of nitrogens with one attached hydrogen (secondary N) is 1. The molecule has 0 aliphatic heterocycles. The van der Waals surface area contributed by atoms with Gasteiger partial charge in [-0.15, -0.1) is 11.3 Å². The second-order valence-electron chi connectivity index (χ2n) is 5.89. The van der Waals surface area contributed by atoms with Crippen molar-refractivity contribution in [2.45, 2.75) is 38.7 Å². The first-order valence-electron chi connectivity index (χ1n) is 8.02. The third-order valence-electron chi connectivity index (χ3n) is 4.15. The number of fused-ring (bicyclic) bond motifs is 1. The molecule has 3 rings (SSSR count). The molecular weight excluding hydrogens is 348 g/mol. The molecule has 1 aromatic heterocycles. The molecule has 25 heavy (non-hydrogen) atoms. The third kappa shape index (κ3) is 3.71. The molecule has 2 aromatic rings. The highest BCUT2D eigenvalue weighted by molar-refractivity contribution is 7.10. The Bertz CT molecular complexity index is 798. The molecule has 0 saturated carbocycles. The van der Waals surface area contributed by atoms with Crippen LogP contribution in [0.15, 0.2) is 23.6 Å². The number of amides is 1. The summed E-state index contributed by atoms with van der Waals surface area (Å²) >= 11 is 1.52. The van der Waals surface area contributed by atoms with Crippen molar-refractivity contribution in [1.82, 2.24) is 0 Å². The minimum Gasteiger partial charge on any atom is -0.449 e. The zero-order valence-corrected chi connectivity index (χ0v) is 14.4. The molecule has 1 atom stereocenters. The van der Waals surface area contributed by atoms with Gasteiger partial charge in [0.05, 0.1) is 5.56 Å². The summed E-state index contributed by atoms with van der Waals surface area (Å²) in [4.78, 5) is 25.6. The van der Waals surface area contributed by atoms with Gasteiger partial charge in [0.1, 0.15) is 17.3 Å². The van der Waals surface area contributed by atoms with Crippen molar-refractivity contribution in [2.75, 3.05) is 5.32 Å². The van der Waals surface area contributed by atoms with Gasteiger partial charge in [0.2, 0.25) is 0 Å². The molecule has 1 aliphatic carbocycles. The summed E-state index contributed by atoms with van der Waals surface area (Å²) < 4.78 is 32.4. The minimum absolute atomic E-state index is 0.483. The van der Waals surface area contributed by atoms with Crippen LogP contribution in [-0.4, -0.2) is 18.0 Å². The molecule has 4 nitrogen and oxygen atoms in total. The van der Waals surface area contributed by atoms with E-state index in [1.807, 2.05) is 0 Å². The van der Waals surface area contributed by atoms with E-state index in [1.165, 1.54) is 29.2 Å². The van der Waals surface area contributed by atoms with Crippen LogP contribution >= 0.6 is 11.3 Å². The van der Waals surface area contributed by atoms with Gasteiger partial charge < -0.3 is 10.1 Å². The molecule has 1 aliphatic rings. The number of ether oxygens (including phenoxy) is 1. The van der Waals surface area contributed by atoms with E-state index in [2.05, 4.69) is 5.32 Å². The number of hydrogen-bond donors (Lipinski definition) is 1. The van der Waals surface area contributed by atoms with E-state index >= 15 is 0 Å². The maximum absolute atomic E-state index is 13.6. The Balaban J connectivity index is 1.67. The van der Waals surface area contributed by atoms with Crippen LogP contribution < -0.4 is 5.32 Å². The Morgan fingerprint density at radius 2 is 1.88 bits per heavy atom. The van der Waals surface area contributed by atoms with Gasteiger partial charge in [-0.1, -0.05) is 6.07 Å². The van der Waals surface area contributed by atoms with Gasteiger partial charge in [-0.05, 0) is 50.3 Å². The number of anilines is 1. The van der Waals surface area contributed by atoms with Crippen molar-refractivity contribution >= 4 is 28.9 Å². The number of aryl methyl sites for hydroxylation is 1. The largest absolute Gasteiger partial charge is 0.449 e. The fraction of sp³-hybridized carbons (Fsp3) is 0.333. The lowest BCUT2D eigenvalue weighted by atomic mass is 9.96. The van der Waals surface area contributed by atoms with Crippen LogP contribution in [-0.2, 0) is 22.4 Å². The predicted molar refractivity (Wildman–Crippen MR) is 90.8 cm³/mol. The molecule has 0 bridgehead atoms. The number of hydrogen-bond acceptors (Lipinski definition) is 4. The fourth-order valence-corrected chi connectivity index (χ4v) is 3.90. The number of rotatable bonds is 4. The van der Waals surface area contributed by atoms with Crippen LogP contribution in [0.5, 0.6) is 0 Å². The molecule has 7 heteroatoms. The van der Waals surface area contributed by atoms with Crippen LogP contribution in [0.1, 0.15) is 40.6 Å². The van der Waals surface area contributed by atoms with Crippen molar-refractivity contribution in [3.63, 3.8) is 0 Å². The quantitative estimate of drug-likeness (QED) is 0.831. The van der Waals surface area contributed by atoms with Crippen LogP contribution in [0.4, 0.5) is 14.5 Å². The Hall–Kier alpha value is -2.28. The number of esters is 1. The number of halogens is 2. The highest BCUT2D eigenvalue weighted by Crippen LogP contribution is 2.30. The Kier molecular flexibility index (Phi) is 5.13. The van der Waals surface area contributed by atoms with Crippen LogP contribution in [0, 0.1) is 11.6 Å². The van der Waals surface area contributed by atoms with Gasteiger partial charge in [-0.25, -0.2) is 13.6 Å². The summed E-state index contributed by atoms with van der Waals surface area (Å²) in [6.45, 7) is 1.37. The average molecular weight is 365 g/mol. The second kappa shape index (κ2) is 7.31. The summed E-state index contributed by atoms with van der Waals surface area (Å²) in [5.41, 5.74) is 0.925. The molecule has 1 heterocycles. The van der Waals surface area contributed by atoms with E-state index in [-0.39, 0.29) is 0 Å². The molecule has 0 spiro atoms. The first-order chi connectivity index (χ1) is 12.0. The molecule has 132 valence electrons. The highest BCUT2D eigenvalue weighted by atomic mass is 32.1. The normalized spacial score (nSPS) is 14.5. The summed E-state index contributed by atoms with van der Waals surface area (Å²) in [7, 11) is 0. The first-order valence-corrected chi connectivity index (χ1v) is 8.90. The Labute approximate surface area is 147 Å². The summed E-state index contributed by atoms with van der Waals surface area (Å²) in [6, 6.07) is 3.27. The number of carbonyl (C=O) groups excluding carboxylic acids is 2. The third-order valence-corrected chi connectivity index (χ3v) is 5.23. The van der Waals surface area contributed by atoms with Crippen molar-refractivity contribution < 1.29 is 23.1 Å². The van der Waals surface area contributed by atoms with Gasteiger partial charge >= 0.3 is 5.97 Å². The molecule has 0 fully saturated rings. The zero-order valence-electron chi connectivity index (χ0n) is 13.6. The smallest absolute Gasteiger partial charge is 0.340 e. The van der Waals surface area contributed by atoms with Gasteiger partial charge in [0, 0.05) is 10.3 Å². The monoisotopic (exact) mass is 365 g/mol. The summed E-state index contributed by atoms with van der Waals surface area (Å²) in [6.07, 6.45) is 2.73. The van der Waals surface area contributed by atoms with E-state index in [0.717, 1.165) is 43.4 Å². The van der Waals surface area contributed by atoms with E-state index in [0.29, 0.717) is 5.56 Å². The second-order valence-corrected chi connectivity index (χ2v) is 6.86. The van der Waals surface area contributed by atoms with Crippen LogP contribution in [0.3, 0.4) is 0 Å². The fourth-order valence-electron chi connectivity index (χ4n) is 2.78. The minimum atomic E-state index is -1.18. The predicted octanol–water partition coefficient (Wildman–Crippen LogP) is 4.09. The van der Waals surface area contributed by atoms with Crippen molar-refractivity contribution in [1.29, 1.82) is 0 Å². The molecule has 1 unspecified atom stereocenters. The first kappa shape index (κ1) is 17.5. The summed E-state index contributed by atoms with van der Waals surface area (Å²) in [5, 5.41) is 3.88. The van der Waals surface area contributed by atoms with Gasteiger partial charge in [-0.3, -0.25) is 4.79 Å². The Morgan fingerprint density at radius 3 is 2.60 bits per heavy atom. The lowest BCUT2D eigenvalue weighted by molar-refractivity contribution is -0.123. The van der Waals surface area contributed by atoms with E-state index in [4.69, 9.17) is 4.74 Å². The van der Waals surface area contributed by atoms with E-state index in [9.17, 15) is 18.4 Å². The lowest BCUT2D eigenvalue weighted by Crippen LogP contribution is -2.30.